The molecular formula is C19H41N3. The summed E-state index contributed by atoms with van der Waals surface area (Å²) in [6, 6.07) is 0. The largest absolute Gasteiger partial charge is 0.318 e. The van der Waals surface area contributed by atoms with Gasteiger partial charge in [0, 0.05) is 13.3 Å². The fraction of sp³-hybridized carbons (Fsp3) is 1.00. The zero-order valence-electron chi connectivity index (χ0n) is 14.9. The number of nitrogens with one attached hydrogen (secondary N) is 2. The van der Waals surface area contributed by atoms with Crippen LogP contribution in [0.4, 0.5) is 0 Å². The Morgan fingerprint density at radius 1 is 0.636 bits per heavy atom. The number of hydrogen-bond acceptors (Lipinski definition) is 3. The Labute approximate surface area is 139 Å². The SMILES string of the molecule is NCNCNCCC1CCCCCCCCCCCCCC1. The first-order valence-electron chi connectivity index (χ1n) is 10.0. The van der Waals surface area contributed by atoms with E-state index in [0.29, 0.717) is 6.67 Å². The Bertz CT molecular complexity index is 205. The molecule has 3 heteroatoms. The lowest BCUT2D eigenvalue weighted by atomic mass is 9.91. The van der Waals surface area contributed by atoms with Crippen molar-refractivity contribution in [1.29, 1.82) is 0 Å². The molecule has 0 unspecified atom stereocenters. The predicted octanol–water partition coefficient (Wildman–Crippen LogP) is 4.52. The first kappa shape index (κ1) is 19.9. The molecule has 22 heavy (non-hydrogen) atoms. The molecule has 1 aliphatic carbocycles. The van der Waals surface area contributed by atoms with Gasteiger partial charge in [0.05, 0.1) is 0 Å². The summed E-state index contributed by atoms with van der Waals surface area (Å²) in [5, 5.41) is 6.58. The monoisotopic (exact) mass is 311 g/mol. The van der Waals surface area contributed by atoms with Crippen LogP contribution < -0.4 is 16.4 Å². The van der Waals surface area contributed by atoms with Crippen molar-refractivity contribution in [2.45, 2.75) is 96.3 Å². The minimum atomic E-state index is 0.566. The lowest BCUT2D eigenvalue weighted by molar-refractivity contribution is 0.372. The Kier molecular flexibility index (Phi) is 14.3. The second kappa shape index (κ2) is 15.8. The smallest absolute Gasteiger partial charge is 0.0464 e. The summed E-state index contributed by atoms with van der Waals surface area (Å²) in [4.78, 5) is 0. The van der Waals surface area contributed by atoms with Crippen molar-refractivity contribution >= 4 is 0 Å². The highest BCUT2D eigenvalue weighted by Gasteiger charge is 2.08. The van der Waals surface area contributed by atoms with Crippen LogP contribution >= 0.6 is 0 Å². The van der Waals surface area contributed by atoms with Gasteiger partial charge in [0.15, 0.2) is 0 Å². The molecule has 1 aliphatic rings. The Hall–Kier alpha value is -0.120. The molecule has 0 radical (unpaired) electrons. The molecule has 0 bridgehead atoms. The molecule has 0 aromatic rings. The molecule has 1 saturated carbocycles. The minimum absolute atomic E-state index is 0.566. The van der Waals surface area contributed by atoms with Crippen LogP contribution in [-0.2, 0) is 0 Å². The van der Waals surface area contributed by atoms with E-state index in [2.05, 4.69) is 10.6 Å². The lowest BCUT2D eigenvalue weighted by Crippen LogP contribution is -2.33. The summed E-state index contributed by atoms with van der Waals surface area (Å²) in [6.07, 6.45) is 21.8. The highest BCUT2D eigenvalue weighted by atomic mass is 15.1. The Balaban J connectivity index is 2.18. The van der Waals surface area contributed by atoms with Crippen molar-refractivity contribution in [2.75, 3.05) is 19.9 Å². The maximum atomic E-state index is 5.44. The van der Waals surface area contributed by atoms with Crippen LogP contribution in [0.15, 0.2) is 0 Å². The Morgan fingerprint density at radius 3 is 1.55 bits per heavy atom. The molecule has 0 heterocycles. The summed E-state index contributed by atoms with van der Waals surface area (Å²) < 4.78 is 0. The van der Waals surface area contributed by atoms with Gasteiger partial charge in [-0.25, -0.2) is 0 Å². The standard InChI is InChI=1S/C19H41N3/c20-17-22-18-21-16-15-19-13-11-9-7-5-3-1-2-4-6-8-10-12-14-19/h19,21-22H,1-18,20H2. The number of rotatable bonds is 6. The third kappa shape index (κ3) is 12.4. The fourth-order valence-electron chi connectivity index (χ4n) is 3.62. The van der Waals surface area contributed by atoms with E-state index in [1.165, 1.54) is 96.3 Å². The summed E-state index contributed by atoms with van der Waals surface area (Å²) in [6.45, 7) is 2.55. The van der Waals surface area contributed by atoms with Gasteiger partial charge in [0.2, 0.25) is 0 Å². The van der Waals surface area contributed by atoms with E-state index >= 15 is 0 Å². The average molecular weight is 312 g/mol. The number of hydrogen-bond donors (Lipinski definition) is 3. The molecule has 4 N–H and O–H groups in total. The molecule has 132 valence electrons. The molecule has 1 fully saturated rings. The van der Waals surface area contributed by atoms with E-state index < -0.39 is 0 Å². The van der Waals surface area contributed by atoms with Crippen molar-refractivity contribution in [1.82, 2.24) is 10.6 Å². The second-order valence-electron chi connectivity index (χ2n) is 7.11. The highest BCUT2D eigenvalue weighted by molar-refractivity contribution is 4.63. The van der Waals surface area contributed by atoms with Gasteiger partial charge < -0.3 is 11.1 Å². The van der Waals surface area contributed by atoms with E-state index in [1.54, 1.807) is 0 Å². The normalized spacial score (nSPS) is 21.1. The minimum Gasteiger partial charge on any atom is -0.318 e. The van der Waals surface area contributed by atoms with Crippen LogP contribution in [0.25, 0.3) is 0 Å². The lowest BCUT2D eigenvalue weighted by Gasteiger charge is -2.17. The van der Waals surface area contributed by atoms with Crippen molar-refractivity contribution in [3.05, 3.63) is 0 Å². The van der Waals surface area contributed by atoms with Gasteiger partial charge in [-0.05, 0) is 18.9 Å². The first-order chi connectivity index (χ1) is 10.9. The van der Waals surface area contributed by atoms with E-state index in [9.17, 15) is 0 Å². The molecule has 3 nitrogen and oxygen atoms in total. The van der Waals surface area contributed by atoms with E-state index in [1.807, 2.05) is 0 Å². The van der Waals surface area contributed by atoms with Gasteiger partial charge in [0.25, 0.3) is 0 Å². The van der Waals surface area contributed by atoms with Crippen LogP contribution in [-0.4, -0.2) is 19.9 Å². The summed E-state index contributed by atoms with van der Waals surface area (Å²) in [7, 11) is 0. The quantitative estimate of drug-likeness (QED) is 0.499. The molecule has 0 aromatic carbocycles. The fourth-order valence-corrected chi connectivity index (χ4v) is 3.62. The maximum absolute atomic E-state index is 5.44. The van der Waals surface area contributed by atoms with Crippen LogP contribution in [0.2, 0.25) is 0 Å². The molecule has 0 aromatic heterocycles. The van der Waals surface area contributed by atoms with Gasteiger partial charge >= 0.3 is 0 Å². The highest BCUT2D eigenvalue weighted by Crippen LogP contribution is 2.22. The van der Waals surface area contributed by atoms with Gasteiger partial charge in [-0.15, -0.1) is 0 Å². The molecule has 0 amide bonds. The van der Waals surface area contributed by atoms with Crippen molar-refractivity contribution in [2.24, 2.45) is 11.7 Å². The predicted molar refractivity (Wildman–Crippen MR) is 97.8 cm³/mol. The van der Waals surface area contributed by atoms with Gasteiger partial charge in [-0.2, -0.15) is 0 Å². The first-order valence-corrected chi connectivity index (χ1v) is 10.0. The van der Waals surface area contributed by atoms with Crippen LogP contribution in [0, 0.1) is 5.92 Å². The van der Waals surface area contributed by atoms with Crippen molar-refractivity contribution in [3.8, 4) is 0 Å². The van der Waals surface area contributed by atoms with Crippen LogP contribution in [0.5, 0.6) is 0 Å². The summed E-state index contributed by atoms with van der Waals surface area (Å²) in [5.41, 5.74) is 5.44. The molecule has 0 saturated heterocycles. The van der Waals surface area contributed by atoms with Crippen molar-refractivity contribution < 1.29 is 0 Å². The zero-order chi connectivity index (χ0) is 15.7. The van der Waals surface area contributed by atoms with Gasteiger partial charge in [-0.3, -0.25) is 5.32 Å². The van der Waals surface area contributed by atoms with E-state index in [4.69, 9.17) is 5.73 Å². The molecule has 0 spiro atoms. The summed E-state index contributed by atoms with van der Waals surface area (Å²) in [5.74, 6) is 0.940. The van der Waals surface area contributed by atoms with Gasteiger partial charge in [-0.1, -0.05) is 89.9 Å². The Morgan fingerprint density at radius 2 is 1.09 bits per heavy atom. The third-order valence-corrected chi connectivity index (χ3v) is 5.10. The third-order valence-electron chi connectivity index (χ3n) is 5.10. The topological polar surface area (TPSA) is 50.1 Å². The van der Waals surface area contributed by atoms with Crippen molar-refractivity contribution in [3.63, 3.8) is 0 Å². The zero-order valence-corrected chi connectivity index (χ0v) is 14.9. The summed E-state index contributed by atoms with van der Waals surface area (Å²) >= 11 is 0. The number of nitrogens with two attached hydrogens (primary N) is 1. The second-order valence-corrected chi connectivity index (χ2v) is 7.11. The molecular weight excluding hydrogens is 270 g/mol. The van der Waals surface area contributed by atoms with E-state index in [-0.39, 0.29) is 0 Å². The molecule has 0 aliphatic heterocycles. The average Bonchev–Trinajstić information content (AvgIpc) is 2.54. The molecule has 0 atom stereocenters. The van der Waals surface area contributed by atoms with E-state index in [0.717, 1.165) is 19.1 Å². The van der Waals surface area contributed by atoms with Crippen LogP contribution in [0.3, 0.4) is 0 Å². The van der Waals surface area contributed by atoms with Crippen LogP contribution in [0.1, 0.15) is 96.3 Å². The van der Waals surface area contributed by atoms with Gasteiger partial charge in [0.1, 0.15) is 0 Å². The molecule has 1 rings (SSSR count). The maximum Gasteiger partial charge on any atom is 0.0464 e.